The van der Waals surface area contributed by atoms with Crippen LogP contribution in [0.15, 0.2) is 23.4 Å². The Bertz CT molecular complexity index is 644. The molecule has 0 amide bonds. The zero-order valence-electron chi connectivity index (χ0n) is 11.3. The van der Waals surface area contributed by atoms with E-state index in [1.165, 1.54) is 0 Å². The van der Waals surface area contributed by atoms with Crippen molar-refractivity contribution in [2.75, 3.05) is 20.1 Å². The van der Waals surface area contributed by atoms with Gasteiger partial charge in [-0.25, -0.2) is 4.98 Å². The molecule has 0 bridgehead atoms. The number of piperidine rings is 1. The highest BCUT2D eigenvalue weighted by molar-refractivity contribution is 6.31. The number of benzene rings is 1. The van der Waals surface area contributed by atoms with Gasteiger partial charge in [0, 0.05) is 10.9 Å². The smallest absolute Gasteiger partial charge is 0.156 e. The molecule has 1 aromatic heterocycles. The minimum atomic E-state index is 0.243. The largest absolute Gasteiger partial charge is 0.411 e. The topological polar surface area (TPSA) is 64.5 Å². The molecule has 0 atom stereocenters. The summed E-state index contributed by atoms with van der Waals surface area (Å²) in [4.78, 5) is 9.98. The highest BCUT2D eigenvalue weighted by Crippen LogP contribution is 2.23. The Morgan fingerprint density at radius 1 is 1.45 bits per heavy atom. The SMILES string of the molecule is CN1CCC(/C(=N/O)c2nc3ccc(Cl)cc3[nH]2)CC1. The Balaban J connectivity index is 1.91. The molecule has 1 aliphatic rings. The van der Waals surface area contributed by atoms with Gasteiger partial charge in [-0.3, -0.25) is 0 Å². The second-order valence-corrected chi connectivity index (χ2v) is 5.75. The first kappa shape index (κ1) is 13.4. The van der Waals surface area contributed by atoms with Gasteiger partial charge in [0.15, 0.2) is 5.82 Å². The fraction of sp³-hybridized carbons (Fsp3) is 0.429. The van der Waals surface area contributed by atoms with Gasteiger partial charge in [0.05, 0.1) is 11.0 Å². The third kappa shape index (κ3) is 2.51. The zero-order valence-corrected chi connectivity index (χ0v) is 12.1. The Morgan fingerprint density at radius 3 is 2.90 bits per heavy atom. The second kappa shape index (κ2) is 5.42. The second-order valence-electron chi connectivity index (χ2n) is 5.31. The predicted octanol–water partition coefficient (Wildman–Crippen LogP) is 2.74. The lowest BCUT2D eigenvalue weighted by Crippen LogP contribution is -2.34. The number of aromatic amines is 1. The number of likely N-dealkylation sites (tertiary alicyclic amines) is 1. The number of oxime groups is 1. The van der Waals surface area contributed by atoms with Crippen molar-refractivity contribution >= 4 is 28.3 Å². The molecule has 1 saturated heterocycles. The lowest BCUT2D eigenvalue weighted by molar-refractivity contribution is 0.246. The van der Waals surface area contributed by atoms with Gasteiger partial charge in [-0.15, -0.1) is 0 Å². The molecule has 20 heavy (non-hydrogen) atoms. The van der Waals surface area contributed by atoms with E-state index in [4.69, 9.17) is 11.6 Å². The summed E-state index contributed by atoms with van der Waals surface area (Å²) in [5.41, 5.74) is 2.34. The number of hydrogen-bond donors (Lipinski definition) is 2. The molecule has 0 saturated carbocycles. The van der Waals surface area contributed by atoms with Crippen LogP contribution in [-0.2, 0) is 0 Å². The van der Waals surface area contributed by atoms with Crippen LogP contribution in [0.4, 0.5) is 0 Å². The first-order valence-corrected chi connectivity index (χ1v) is 7.11. The number of halogens is 1. The Morgan fingerprint density at radius 2 is 2.20 bits per heavy atom. The molecule has 0 unspecified atom stereocenters. The van der Waals surface area contributed by atoms with Crippen LogP contribution >= 0.6 is 11.6 Å². The van der Waals surface area contributed by atoms with Crippen LogP contribution in [-0.4, -0.2) is 45.9 Å². The number of nitrogens with zero attached hydrogens (tertiary/aromatic N) is 3. The molecular weight excluding hydrogens is 276 g/mol. The molecule has 1 aromatic carbocycles. The quantitative estimate of drug-likeness (QED) is 0.508. The summed E-state index contributed by atoms with van der Waals surface area (Å²) in [6.45, 7) is 2.02. The highest BCUT2D eigenvalue weighted by Gasteiger charge is 2.25. The molecule has 2 heterocycles. The van der Waals surface area contributed by atoms with Gasteiger partial charge in [-0.2, -0.15) is 0 Å². The zero-order chi connectivity index (χ0) is 14.1. The summed E-state index contributed by atoms with van der Waals surface area (Å²) in [6.07, 6.45) is 1.96. The van der Waals surface area contributed by atoms with Crippen LogP contribution in [0.5, 0.6) is 0 Å². The fourth-order valence-electron chi connectivity index (χ4n) is 2.71. The van der Waals surface area contributed by atoms with Crippen LogP contribution in [0.25, 0.3) is 11.0 Å². The van der Waals surface area contributed by atoms with Gasteiger partial charge in [0.2, 0.25) is 0 Å². The van der Waals surface area contributed by atoms with Crippen molar-refractivity contribution in [1.29, 1.82) is 0 Å². The summed E-state index contributed by atoms with van der Waals surface area (Å²) >= 11 is 5.97. The number of nitrogens with one attached hydrogen (secondary N) is 1. The van der Waals surface area contributed by atoms with Crippen LogP contribution in [0.2, 0.25) is 5.02 Å². The van der Waals surface area contributed by atoms with E-state index in [-0.39, 0.29) is 5.92 Å². The summed E-state index contributed by atoms with van der Waals surface area (Å²) in [5, 5.41) is 13.5. The summed E-state index contributed by atoms with van der Waals surface area (Å²) in [5.74, 6) is 0.881. The Hall–Kier alpha value is -1.59. The van der Waals surface area contributed by atoms with E-state index in [0.29, 0.717) is 16.6 Å². The van der Waals surface area contributed by atoms with E-state index in [0.717, 1.165) is 37.0 Å². The third-order valence-corrected chi connectivity index (χ3v) is 4.13. The van der Waals surface area contributed by atoms with Crippen molar-refractivity contribution in [3.8, 4) is 0 Å². The predicted molar refractivity (Wildman–Crippen MR) is 79.6 cm³/mol. The van der Waals surface area contributed by atoms with Gasteiger partial charge >= 0.3 is 0 Å². The van der Waals surface area contributed by atoms with Gasteiger partial charge < -0.3 is 15.1 Å². The monoisotopic (exact) mass is 292 g/mol. The molecule has 2 N–H and O–H groups in total. The number of fused-ring (bicyclic) bond motifs is 1. The Labute approximate surface area is 122 Å². The maximum absolute atomic E-state index is 9.37. The van der Waals surface area contributed by atoms with Crippen molar-refractivity contribution in [1.82, 2.24) is 14.9 Å². The molecule has 0 aliphatic carbocycles. The molecule has 1 fully saturated rings. The van der Waals surface area contributed by atoms with Gasteiger partial charge in [0.1, 0.15) is 5.71 Å². The first-order chi connectivity index (χ1) is 9.67. The summed E-state index contributed by atoms with van der Waals surface area (Å²) in [7, 11) is 2.11. The van der Waals surface area contributed by atoms with Crippen molar-refractivity contribution in [3.05, 3.63) is 29.0 Å². The average molecular weight is 293 g/mol. The van der Waals surface area contributed by atoms with Crippen molar-refractivity contribution < 1.29 is 5.21 Å². The van der Waals surface area contributed by atoms with Crippen molar-refractivity contribution in [2.24, 2.45) is 11.1 Å². The third-order valence-electron chi connectivity index (χ3n) is 3.90. The number of H-pyrrole nitrogens is 1. The first-order valence-electron chi connectivity index (χ1n) is 6.73. The van der Waals surface area contributed by atoms with Crippen molar-refractivity contribution in [2.45, 2.75) is 12.8 Å². The average Bonchev–Trinajstić information content (AvgIpc) is 2.84. The molecule has 6 heteroatoms. The van der Waals surface area contributed by atoms with Crippen LogP contribution in [0, 0.1) is 5.92 Å². The van der Waals surface area contributed by atoms with Crippen LogP contribution in [0.3, 0.4) is 0 Å². The molecule has 1 aliphatic heterocycles. The number of aromatic nitrogens is 2. The van der Waals surface area contributed by atoms with Crippen molar-refractivity contribution in [3.63, 3.8) is 0 Å². The molecule has 2 aromatic rings. The maximum atomic E-state index is 9.37. The molecule has 0 radical (unpaired) electrons. The fourth-order valence-corrected chi connectivity index (χ4v) is 2.88. The van der Waals surface area contributed by atoms with Crippen LogP contribution in [0.1, 0.15) is 18.7 Å². The minimum absolute atomic E-state index is 0.243. The normalized spacial score (nSPS) is 18.8. The summed E-state index contributed by atoms with van der Waals surface area (Å²) < 4.78 is 0. The molecular formula is C14H17ClN4O. The lowest BCUT2D eigenvalue weighted by atomic mass is 9.92. The van der Waals surface area contributed by atoms with E-state index in [1.54, 1.807) is 6.07 Å². The highest BCUT2D eigenvalue weighted by atomic mass is 35.5. The standard InChI is InChI=1S/C14H17ClN4O/c1-19-6-4-9(5-7-19)13(18-20)14-16-11-3-2-10(15)8-12(11)17-14/h2-3,8-9,20H,4-7H2,1H3,(H,16,17)/b18-13-. The number of imidazole rings is 1. The van der Waals surface area contributed by atoms with E-state index < -0.39 is 0 Å². The molecule has 0 spiro atoms. The van der Waals surface area contributed by atoms with Gasteiger partial charge in [-0.1, -0.05) is 16.8 Å². The van der Waals surface area contributed by atoms with Gasteiger partial charge in [-0.05, 0) is 51.2 Å². The molecule has 106 valence electrons. The number of hydrogen-bond acceptors (Lipinski definition) is 4. The summed E-state index contributed by atoms with van der Waals surface area (Å²) in [6, 6.07) is 5.50. The number of rotatable bonds is 2. The van der Waals surface area contributed by atoms with E-state index >= 15 is 0 Å². The lowest BCUT2D eigenvalue weighted by Gasteiger charge is -2.28. The molecule has 3 rings (SSSR count). The Kier molecular flexibility index (Phi) is 3.63. The molecule has 5 nitrogen and oxygen atoms in total. The maximum Gasteiger partial charge on any atom is 0.156 e. The van der Waals surface area contributed by atoms with Crippen LogP contribution < -0.4 is 0 Å². The van der Waals surface area contributed by atoms with E-state index in [9.17, 15) is 5.21 Å². The van der Waals surface area contributed by atoms with Gasteiger partial charge in [0.25, 0.3) is 0 Å². The van der Waals surface area contributed by atoms with E-state index in [1.807, 2.05) is 12.1 Å². The minimum Gasteiger partial charge on any atom is -0.411 e. The van der Waals surface area contributed by atoms with E-state index in [2.05, 4.69) is 27.1 Å².